The molecule has 1 aliphatic rings. The summed E-state index contributed by atoms with van der Waals surface area (Å²) in [6.45, 7) is 0. The highest BCUT2D eigenvalue weighted by atomic mass is 14.9. The molecule has 1 aliphatic heterocycles. The number of allylic oxidation sites excluding steroid dienone is 3. The van der Waals surface area contributed by atoms with Gasteiger partial charge in [0.1, 0.15) is 0 Å². The van der Waals surface area contributed by atoms with Crippen LogP contribution in [0.5, 0.6) is 0 Å². The Morgan fingerprint density at radius 2 is 0.866 bits per heavy atom. The average molecular weight is 857 g/mol. The third kappa shape index (κ3) is 8.72. The van der Waals surface area contributed by atoms with E-state index in [1.807, 2.05) is 30.5 Å². The number of rotatable bonds is 10. The van der Waals surface area contributed by atoms with E-state index < -0.39 is 0 Å². The molecule has 0 aliphatic carbocycles. The van der Waals surface area contributed by atoms with Gasteiger partial charge < -0.3 is 0 Å². The highest BCUT2D eigenvalue weighted by molar-refractivity contribution is 6.13. The van der Waals surface area contributed by atoms with Gasteiger partial charge in [0.25, 0.3) is 0 Å². The van der Waals surface area contributed by atoms with Crippen LogP contribution < -0.4 is 0 Å². The van der Waals surface area contributed by atoms with Gasteiger partial charge in [0.15, 0.2) is 5.82 Å². The highest BCUT2D eigenvalue weighted by Crippen LogP contribution is 2.44. The monoisotopic (exact) mass is 856 g/mol. The normalized spacial score (nSPS) is 13.3. The lowest BCUT2D eigenvalue weighted by molar-refractivity contribution is 0.918. The van der Waals surface area contributed by atoms with Gasteiger partial charge in [-0.2, -0.15) is 0 Å². The zero-order valence-electron chi connectivity index (χ0n) is 36.7. The van der Waals surface area contributed by atoms with Crippen molar-refractivity contribution in [2.24, 2.45) is 4.99 Å². The van der Waals surface area contributed by atoms with E-state index in [0.717, 1.165) is 95.1 Å². The fourth-order valence-corrected chi connectivity index (χ4v) is 8.92. The molecule has 1 unspecified atom stereocenters. The van der Waals surface area contributed by atoms with Crippen LogP contribution in [0.4, 0.5) is 0 Å². The Morgan fingerprint density at radius 3 is 1.57 bits per heavy atom. The van der Waals surface area contributed by atoms with Crippen molar-refractivity contribution in [3.05, 3.63) is 278 Å². The van der Waals surface area contributed by atoms with Crippen LogP contribution in [0.1, 0.15) is 22.7 Å². The van der Waals surface area contributed by atoms with Crippen LogP contribution in [-0.4, -0.2) is 20.7 Å². The standard InChI is InChI=1S/C63H44N4/c1-5-19-44(20-6-1)46-32-34-49(35-33-46)63-66-61(48-25-11-4-12-26-48)43-62(67-63)56-30-16-13-27-52(56)54-38-36-51(58-31-17-18-40-64-58)41-57(54)53-28-14-15-29-55(53)59-39-37-50(45-21-7-2-8-22-45)42-60(65-59)47-23-9-3-10-24-47/h1-43,59H. The summed E-state index contributed by atoms with van der Waals surface area (Å²) in [6, 6.07) is 82.3. The van der Waals surface area contributed by atoms with Gasteiger partial charge in [0.05, 0.1) is 28.8 Å². The van der Waals surface area contributed by atoms with Crippen molar-refractivity contribution in [2.75, 3.05) is 0 Å². The lowest BCUT2D eigenvalue weighted by atomic mass is 9.86. The Bertz CT molecular complexity index is 3420. The minimum absolute atomic E-state index is 0.281. The van der Waals surface area contributed by atoms with Gasteiger partial charge in [-0.1, -0.05) is 224 Å². The number of pyridine rings is 1. The molecule has 4 heteroatoms. The SMILES string of the molecule is C1=CC(c2ccccc2-c2cc(-c3ccccn3)ccc2-c2ccccc2-c2cc(-c3ccccc3)nc(-c3ccc(-c4ccccc4)cc3)n2)N=C(c2ccccc2)C=C1c1ccccc1. The van der Waals surface area contributed by atoms with E-state index in [0.29, 0.717) is 5.82 Å². The first-order chi connectivity index (χ1) is 33.2. The predicted molar refractivity (Wildman–Crippen MR) is 277 cm³/mol. The van der Waals surface area contributed by atoms with Gasteiger partial charge in [0, 0.05) is 28.5 Å². The van der Waals surface area contributed by atoms with Gasteiger partial charge >= 0.3 is 0 Å². The number of aliphatic imine (C=N–C) groups is 1. The maximum Gasteiger partial charge on any atom is 0.160 e. The fourth-order valence-electron chi connectivity index (χ4n) is 8.92. The summed E-state index contributed by atoms with van der Waals surface area (Å²) in [5.41, 5.74) is 18.6. The molecule has 2 aromatic heterocycles. The second-order valence-corrected chi connectivity index (χ2v) is 16.5. The Morgan fingerprint density at radius 1 is 0.328 bits per heavy atom. The number of benzene rings is 8. The van der Waals surface area contributed by atoms with E-state index in [9.17, 15) is 0 Å². The van der Waals surface area contributed by atoms with Gasteiger partial charge in [-0.3, -0.25) is 9.98 Å². The average Bonchev–Trinajstić information content (AvgIpc) is 3.66. The molecule has 0 spiro atoms. The van der Waals surface area contributed by atoms with Crippen LogP contribution in [0.15, 0.2) is 266 Å². The molecule has 0 radical (unpaired) electrons. The van der Waals surface area contributed by atoms with Crippen molar-refractivity contribution in [1.82, 2.24) is 15.0 Å². The lowest BCUT2D eigenvalue weighted by Gasteiger charge is -2.20. The zero-order chi connectivity index (χ0) is 44.8. The van der Waals surface area contributed by atoms with Crippen molar-refractivity contribution >= 4 is 11.3 Å². The third-order valence-electron chi connectivity index (χ3n) is 12.3. The minimum Gasteiger partial charge on any atom is -0.272 e. The first kappa shape index (κ1) is 40.9. The maximum absolute atomic E-state index is 5.55. The van der Waals surface area contributed by atoms with Gasteiger partial charge in [0.2, 0.25) is 0 Å². The van der Waals surface area contributed by atoms with E-state index in [1.165, 1.54) is 5.56 Å². The Hall–Kier alpha value is -8.86. The molecule has 0 saturated heterocycles. The molecule has 0 amide bonds. The van der Waals surface area contributed by atoms with Crippen molar-refractivity contribution in [2.45, 2.75) is 6.04 Å². The topological polar surface area (TPSA) is 51.0 Å². The molecule has 8 aromatic carbocycles. The summed E-state index contributed by atoms with van der Waals surface area (Å²) >= 11 is 0. The molecule has 10 aromatic rings. The van der Waals surface area contributed by atoms with Crippen LogP contribution >= 0.6 is 0 Å². The maximum atomic E-state index is 5.55. The molecule has 316 valence electrons. The highest BCUT2D eigenvalue weighted by Gasteiger charge is 2.22. The smallest absolute Gasteiger partial charge is 0.160 e. The number of aromatic nitrogens is 3. The van der Waals surface area contributed by atoms with E-state index in [2.05, 4.69) is 231 Å². The quantitative estimate of drug-likeness (QED) is 0.138. The van der Waals surface area contributed by atoms with Crippen LogP contribution in [0, 0.1) is 0 Å². The first-order valence-corrected chi connectivity index (χ1v) is 22.7. The fraction of sp³-hybridized carbons (Fsp3) is 0.0159. The van der Waals surface area contributed by atoms with Gasteiger partial charge in [-0.25, -0.2) is 9.97 Å². The molecule has 1 atom stereocenters. The second kappa shape index (κ2) is 18.7. The summed E-state index contributed by atoms with van der Waals surface area (Å²) in [4.78, 5) is 20.9. The molecule has 0 N–H and O–H groups in total. The predicted octanol–water partition coefficient (Wildman–Crippen LogP) is 15.7. The zero-order valence-corrected chi connectivity index (χ0v) is 36.7. The van der Waals surface area contributed by atoms with Crippen LogP contribution in [0.25, 0.3) is 84.1 Å². The van der Waals surface area contributed by atoms with Crippen molar-refractivity contribution in [3.8, 4) is 78.5 Å². The van der Waals surface area contributed by atoms with E-state index >= 15 is 0 Å². The van der Waals surface area contributed by atoms with Crippen molar-refractivity contribution in [1.29, 1.82) is 0 Å². The Kier molecular flexibility index (Phi) is 11.4. The Balaban J connectivity index is 1.08. The molecule has 67 heavy (non-hydrogen) atoms. The van der Waals surface area contributed by atoms with E-state index in [1.54, 1.807) is 0 Å². The molecule has 3 heterocycles. The largest absolute Gasteiger partial charge is 0.272 e. The number of hydrogen-bond donors (Lipinski definition) is 0. The van der Waals surface area contributed by atoms with Crippen molar-refractivity contribution < 1.29 is 0 Å². The number of hydrogen-bond acceptors (Lipinski definition) is 4. The number of nitrogens with zero attached hydrogens (tertiary/aromatic N) is 4. The summed E-state index contributed by atoms with van der Waals surface area (Å²) < 4.78 is 0. The molecular weight excluding hydrogens is 813 g/mol. The second-order valence-electron chi connectivity index (χ2n) is 16.5. The summed E-state index contributed by atoms with van der Waals surface area (Å²) in [5.74, 6) is 0.664. The van der Waals surface area contributed by atoms with Crippen LogP contribution in [-0.2, 0) is 0 Å². The molecule has 0 bridgehead atoms. The van der Waals surface area contributed by atoms with Gasteiger partial charge in [-0.15, -0.1) is 0 Å². The van der Waals surface area contributed by atoms with Crippen molar-refractivity contribution in [3.63, 3.8) is 0 Å². The summed E-state index contributed by atoms with van der Waals surface area (Å²) in [6.07, 6.45) is 8.53. The summed E-state index contributed by atoms with van der Waals surface area (Å²) in [5, 5.41) is 0. The van der Waals surface area contributed by atoms with Gasteiger partial charge in [-0.05, 0) is 86.0 Å². The molecule has 0 fully saturated rings. The first-order valence-electron chi connectivity index (χ1n) is 22.7. The van der Waals surface area contributed by atoms with Crippen LogP contribution in [0.2, 0.25) is 0 Å². The van der Waals surface area contributed by atoms with E-state index in [-0.39, 0.29) is 6.04 Å². The minimum atomic E-state index is -0.281. The van der Waals surface area contributed by atoms with Crippen LogP contribution in [0.3, 0.4) is 0 Å². The molecule has 4 nitrogen and oxygen atoms in total. The third-order valence-corrected chi connectivity index (χ3v) is 12.3. The lowest BCUT2D eigenvalue weighted by Crippen LogP contribution is -2.03. The summed E-state index contributed by atoms with van der Waals surface area (Å²) in [7, 11) is 0. The Labute approximate surface area is 391 Å². The molecule has 11 rings (SSSR count). The molecular formula is C63H44N4. The van der Waals surface area contributed by atoms with E-state index in [4.69, 9.17) is 19.9 Å². The molecule has 0 saturated carbocycles.